The number of carbonyl (C=O) groups is 1. The van der Waals surface area contributed by atoms with Gasteiger partial charge in [0.05, 0.1) is 0 Å². The molecular weight excluding hydrogens is 202 g/mol. The fourth-order valence-electron chi connectivity index (χ4n) is 1.90. The Morgan fingerprint density at radius 2 is 1.81 bits per heavy atom. The van der Waals surface area contributed by atoms with E-state index in [1.807, 2.05) is 38.1 Å². The van der Waals surface area contributed by atoms with Crippen molar-refractivity contribution in [3.8, 4) is 0 Å². The number of amides is 1. The molecule has 1 aliphatic rings. The minimum Gasteiger partial charge on any atom is -0.357 e. The van der Waals surface area contributed by atoms with Crippen LogP contribution in [0.2, 0.25) is 0 Å². The summed E-state index contributed by atoms with van der Waals surface area (Å²) in [6.07, 6.45) is -0.324. The molecule has 0 aliphatic carbocycles. The summed E-state index contributed by atoms with van der Waals surface area (Å²) in [6.45, 7) is 3.86. The normalized spacial score (nSPS) is 20.2. The summed E-state index contributed by atoms with van der Waals surface area (Å²) < 4.78 is 5.26. The van der Waals surface area contributed by atoms with Gasteiger partial charge in [-0.1, -0.05) is 29.8 Å². The van der Waals surface area contributed by atoms with Crippen LogP contribution in [0.4, 0.5) is 0 Å². The molecule has 0 fully saturated rings. The van der Waals surface area contributed by atoms with E-state index in [0.29, 0.717) is 0 Å². The highest BCUT2D eigenvalue weighted by Gasteiger charge is 2.29. The second-order valence-electron chi connectivity index (χ2n) is 3.99. The highest BCUT2D eigenvalue weighted by atomic mass is 16.5. The van der Waals surface area contributed by atoms with E-state index < -0.39 is 0 Å². The van der Waals surface area contributed by atoms with Gasteiger partial charge < -0.3 is 10.1 Å². The van der Waals surface area contributed by atoms with Gasteiger partial charge in [0.15, 0.2) is 6.23 Å². The van der Waals surface area contributed by atoms with Crippen molar-refractivity contribution in [3.05, 3.63) is 41.0 Å². The third-order valence-corrected chi connectivity index (χ3v) is 2.87. The number of aryl methyl sites for hydroxylation is 1. The zero-order valence-corrected chi connectivity index (χ0v) is 9.70. The highest BCUT2D eigenvalue weighted by molar-refractivity contribution is 6.06. The average molecular weight is 217 g/mol. The SMILES string of the molecule is COC1NC(=O)C(C)=C1c1ccc(C)cc1. The Labute approximate surface area is 95.1 Å². The number of methoxy groups -OCH3 is 1. The van der Waals surface area contributed by atoms with Crippen LogP contribution in [0.3, 0.4) is 0 Å². The summed E-state index contributed by atoms with van der Waals surface area (Å²) in [5.41, 5.74) is 3.91. The van der Waals surface area contributed by atoms with Crippen LogP contribution in [0.25, 0.3) is 5.57 Å². The van der Waals surface area contributed by atoms with Crippen molar-refractivity contribution in [2.75, 3.05) is 7.11 Å². The zero-order chi connectivity index (χ0) is 11.7. The largest absolute Gasteiger partial charge is 0.357 e. The summed E-state index contributed by atoms with van der Waals surface area (Å²) in [5, 5.41) is 2.78. The van der Waals surface area contributed by atoms with Crippen LogP contribution in [0.15, 0.2) is 29.8 Å². The van der Waals surface area contributed by atoms with Crippen LogP contribution in [-0.2, 0) is 9.53 Å². The molecule has 1 unspecified atom stereocenters. The molecule has 1 aromatic rings. The smallest absolute Gasteiger partial charge is 0.249 e. The van der Waals surface area contributed by atoms with E-state index in [9.17, 15) is 4.79 Å². The molecule has 0 saturated heterocycles. The van der Waals surface area contributed by atoms with E-state index in [0.717, 1.165) is 16.7 Å². The number of benzene rings is 1. The molecule has 1 amide bonds. The summed E-state index contributed by atoms with van der Waals surface area (Å²) in [6, 6.07) is 8.09. The van der Waals surface area contributed by atoms with E-state index >= 15 is 0 Å². The van der Waals surface area contributed by atoms with Crippen LogP contribution in [0.5, 0.6) is 0 Å². The fraction of sp³-hybridized carbons (Fsp3) is 0.308. The van der Waals surface area contributed by atoms with E-state index in [1.165, 1.54) is 5.56 Å². The standard InChI is InChI=1S/C13H15NO2/c1-8-4-6-10(7-5-8)11-9(2)12(15)14-13(11)16-3/h4-7,13H,1-3H3,(H,14,15). The quantitative estimate of drug-likeness (QED) is 0.821. The predicted octanol–water partition coefficient (Wildman–Crippen LogP) is 1.87. The van der Waals surface area contributed by atoms with E-state index in [-0.39, 0.29) is 12.1 Å². The Bertz CT molecular complexity index is 446. The molecule has 1 atom stereocenters. The Morgan fingerprint density at radius 3 is 2.38 bits per heavy atom. The first-order chi connectivity index (χ1) is 7.63. The predicted molar refractivity (Wildman–Crippen MR) is 62.7 cm³/mol. The first-order valence-electron chi connectivity index (χ1n) is 5.25. The second kappa shape index (κ2) is 4.10. The second-order valence-corrected chi connectivity index (χ2v) is 3.99. The molecular formula is C13H15NO2. The molecule has 1 aliphatic heterocycles. The molecule has 2 rings (SSSR count). The minimum absolute atomic E-state index is 0.0533. The summed E-state index contributed by atoms with van der Waals surface area (Å²) in [4.78, 5) is 11.5. The third kappa shape index (κ3) is 1.74. The van der Waals surface area contributed by atoms with Gasteiger partial charge in [-0.05, 0) is 19.4 Å². The topological polar surface area (TPSA) is 38.3 Å². The molecule has 0 spiro atoms. The van der Waals surface area contributed by atoms with Gasteiger partial charge in [0.25, 0.3) is 0 Å². The molecule has 3 heteroatoms. The molecule has 0 saturated carbocycles. The van der Waals surface area contributed by atoms with Gasteiger partial charge in [-0.25, -0.2) is 0 Å². The molecule has 1 heterocycles. The number of hydrogen-bond acceptors (Lipinski definition) is 2. The monoisotopic (exact) mass is 217 g/mol. The number of hydrogen-bond donors (Lipinski definition) is 1. The molecule has 16 heavy (non-hydrogen) atoms. The lowest BCUT2D eigenvalue weighted by atomic mass is 10.0. The number of rotatable bonds is 2. The Kier molecular flexibility index (Phi) is 2.79. The number of nitrogens with one attached hydrogen (secondary N) is 1. The Balaban J connectivity index is 2.45. The van der Waals surface area contributed by atoms with Crippen LogP contribution < -0.4 is 5.32 Å². The van der Waals surface area contributed by atoms with E-state index in [2.05, 4.69) is 5.32 Å². The Hall–Kier alpha value is -1.61. The molecule has 1 N–H and O–H groups in total. The van der Waals surface area contributed by atoms with Crippen molar-refractivity contribution in [2.45, 2.75) is 20.1 Å². The third-order valence-electron chi connectivity index (χ3n) is 2.87. The summed E-state index contributed by atoms with van der Waals surface area (Å²) >= 11 is 0. The zero-order valence-electron chi connectivity index (χ0n) is 9.70. The fourth-order valence-corrected chi connectivity index (χ4v) is 1.90. The summed E-state index contributed by atoms with van der Waals surface area (Å²) in [5.74, 6) is -0.0533. The molecule has 3 nitrogen and oxygen atoms in total. The lowest BCUT2D eigenvalue weighted by Gasteiger charge is -2.13. The lowest BCUT2D eigenvalue weighted by molar-refractivity contribution is -0.118. The van der Waals surface area contributed by atoms with Crippen LogP contribution in [0, 0.1) is 6.92 Å². The Morgan fingerprint density at radius 1 is 1.19 bits per heavy atom. The van der Waals surface area contributed by atoms with Crippen LogP contribution >= 0.6 is 0 Å². The van der Waals surface area contributed by atoms with Gasteiger partial charge in [0.1, 0.15) is 0 Å². The van der Waals surface area contributed by atoms with Crippen molar-refractivity contribution in [3.63, 3.8) is 0 Å². The van der Waals surface area contributed by atoms with Gasteiger partial charge in [0, 0.05) is 18.3 Å². The van der Waals surface area contributed by atoms with Gasteiger partial charge in [0.2, 0.25) is 5.91 Å². The van der Waals surface area contributed by atoms with Crippen molar-refractivity contribution in [1.29, 1.82) is 0 Å². The first kappa shape index (κ1) is 10.9. The van der Waals surface area contributed by atoms with Crippen LogP contribution in [-0.4, -0.2) is 19.2 Å². The molecule has 0 radical (unpaired) electrons. The van der Waals surface area contributed by atoms with Crippen molar-refractivity contribution in [2.24, 2.45) is 0 Å². The molecule has 1 aromatic carbocycles. The maximum absolute atomic E-state index is 11.5. The van der Waals surface area contributed by atoms with Crippen molar-refractivity contribution in [1.82, 2.24) is 5.32 Å². The van der Waals surface area contributed by atoms with Gasteiger partial charge in [-0.15, -0.1) is 0 Å². The number of carbonyl (C=O) groups excluding carboxylic acids is 1. The molecule has 0 aromatic heterocycles. The van der Waals surface area contributed by atoms with E-state index in [4.69, 9.17) is 4.74 Å². The molecule has 84 valence electrons. The molecule has 0 bridgehead atoms. The van der Waals surface area contributed by atoms with Crippen LogP contribution in [0.1, 0.15) is 18.1 Å². The lowest BCUT2D eigenvalue weighted by Crippen LogP contribution is -2.29. The van der Waals surface area contributed by atoms with Gasteiger partial charge >= 0.3 is 0 Å². The maximum atomic E-state index is 11.5. The average Bonchev–Trinajstić information content (AvgIpc) is 2.57. The van der Waals surface area contributed by atoms with E-state index in [1.54, 1.807) is 7.11 Å². The maximum Gasteiger partial charge on any atom is 0.249 e. The van der Waals surface area contributed by atoms with Crippen molar-refractivity contribution < 1.29 is 9.53 Å². The highest BCUT2D eigenvalue weighted by Crippen LogP contribution is 2.27. The van der Waals surface area contributed by atoms with Crippen molar-refractivity contribution >= 4 is 11.5 Å². The summed E-state index contributed by atoms with van der Waals surface area (Å²) in [7, 11) is 1.59. The van der Waals surface area contributed by atoms with Gasteiger partial charge in [-0.3, -0.25) is 4.79 Å². The first-order valence-corrected chi connectivity index (χ1v) is 5.25. The van der Waals surface area contributed by atoms with Gasteiger partial charge in [-0.2, -0.15) is 0 Å². The minimum atomic E-state index is -0.324. The number of ether oxygens (including phenoxy) is 1.